The predicted molar refractivity (Wildman–Crippen MR) is 76.3 cm³/mol. The minimum atomic E-state index is -0.716. The number of ether oxygens (including phenoxy) is 2. The predicted octanol–water partition coefficient (Wildman–Crippen LogP) is -0.885. The van der Waals surface area contributed by atoms with Crippen LogP contribution in [0.2, 0.25) is 0 Å². The van der Waals surface area contributed by atoms with Crippen LogP contribution in [-0.2, 0) is 9.53 Å². The highest BCUT2D eigenvalue weighted by molar-refractivity contribution is 6.99. The Balaban J connectivity index is 1.65. The van der Waals surface area contributed by atoms with Gasteiger partial charge in [-0.05, 0) is 6.92 Å². The molecule has 2 heterocycles. The first-order chi connectivity index (χ1) is 10.2. The Hall–Kier alpha value is -1.29. The van der Waals surface area contributed by atoms with Crippen molar-refractivity contribution in [3.63, 3.8) is 0 Å². The van der Waals surface area contributed by atoms with Crippen LogP contribution in [0.25, 0.3) is 0 Å². The van der Waals surface area contributed by atoms with E-state index < -0.39 is 6.10 Å². The van der Waals surface area contributed by atoms with Crippen LogP contribution in [-0.4, -0.2) is 76.3 Å². The number of aromatic nitrogens is 2. The lowest BCUT2D eigenvalue weighted by Crippen LogP contribution is -2.50. The molecule has 21 heavy (non-hydrogen) atoms. The van der Waals surface area contributed by atoms with Gasteiger partial charge in [-0.25, -0.2) is 0 Å². The van der Waals surface area contributed by atoms with Crippen LogP contribution in [0, 0.1) is 0 Å². The van der Waals surface area contributed by atoms with E-state index in [1.807, 2.05) is 0 Å². The second kappa shape index (κ2) is 8.23. The van der Waals surface area contributed by atoms with Gasteiger partial charge in [0.05, 0.1) is 31.0 Å². The van der Waals surface area contributed by atoms with Crippen molar-refractivity contribution in [2.75, 3.05) is 39.5 Å². The molecule has 2 atom stereocenters. The van der Waals surface area contributed by atoms with Gasteiger partial charge in [0.1, 0.15) is 18.9 Å². The Morgan fingerprint density at radius 2 is 2.38 bits per heavy atom. The van der Waals surface area contributed by atoms with E-state index in [2.05, 4.69) is 14.1 Å². The van der Waals surface area contributed by atoms with Gasteiger partial charge >= 0.3 is 0 Å². The van der Waals surface area contributed by atoms with Crippen LogP contribution < -0.4 is 10.1 Å². The molecule has 2 rings (SSSR count). The van der Waals surface area contributed by atoms with Gasteiger partial charge in [0.25, 0.3) is 0 Å². The summed E-state index contributed by atoms with van der Waals surface area (Å²) >= 11 is 1.05. The Bertz CT molecular complexity index is 425. The summed E-state index contributed by atoms with van der Waals surface area (Å²) in [6.07, 6.45) is 0.779. The van der Waals surface area contributed by atoms with Crippen LogP contribution >= 0.6 is 11.7 Å². The molecule has 1 aliphatic rings. The van der Waals surface area contributed by atoms with Gasteiger partial charge < -0.3 is 24.8 Å². The highest BCUT2D eigenvalue weighted by Gasteiger charge is 2.22. The van der Waals surface area contributed by atoms with E-state index in [9.17, 15) is 9.90 Å². The zero-order chi connectivity index (χ0) is 15.1. The summed E-state index contributed by atoms with van der Waals surface area (Å²) < 4.78 is 18.1. The zero-order valence-corrected chi connectivity index (χ0v) is 12.7. The molecule has 2 N–H and O–H groups in total. The van der Waals surface area contributed by atoms with Gasteiger partial charge in [0.15, 0.2) is 0 Å². The summed E-state index contributed by atoms with van der Waals surface area (Å²) in [6.45, 7) is 4.56. The maximum absolute atomic E-state index is 12.1. The molecule has 0 aliphatic carbocycles. The van der Waals surface area contributed by atoms with E-state index in [0.29, 0.717) is 32.2 Å². The third-order valence-corrected chi connectivity index (χ3v) is 3.58. The fourth-order valence-electron chi connectivity index (χ4n) is 1.92. The largest absolute Gasteiger partial charge is 0.473 e. The lowest BCUT2D eigenvalue weighted by molar-refractivity contribution is -0.137. The summed E-state index contributed by atoms with van der Waals surface area (Å²) in [5, 5.41) is 12.8. The molecule has 1 amide bonds. The molecule has 0 bridgehead atoms. The molecule has 9 heteroatoms. The highest BCUT2D eigenvalue weighted by Crippen LogP contribution is 2.05. The fourth-order valence-corrected chi connectivity index (χ4v) is 2.28. The molecule has 8 nitrogen and oxygen atoms in total. The van der Waals surface area contributed by atoms with Crippen molar-refractivity contribution in [3.05, 3.63) is 6.20 Å². The summed E-state index contributed by atoms with van der Waals surface area (Å²) in [4.78, 5) is 13.9. The summed E-state index contributed by atoms with van der Waals surface area (Å²) in [7, 11) is 0. The maximum atomic E-state index is 12.1. The molecule has 0 radical (unpaired) electrons. The number of morpholine rings is 1. The second-order valence-electron chi connectivity index (χ2n) is 4.78. The third kappa shape index (κ3) is 5.20. The van der Waals surface area contributed by atoms with Crippen molar-refractivity contribution in [1.29, 1.82) is 0 Å². The normalized spacial score (nSPS) is 18.3. The Morgan fingerprint density at radius 3 is 3.05 bits per heavy atom. The van der Waals surface area contributed by atoms with Crippen LogP contribution in [0.1, 0.15) is 6.92 Å². The molecule has 0 saturated carbocycles. The average Bonchev–Trinajstić information content (AvgIpc) is 3.04. The van der Waals surface area contributed by atoms with Crippen LogP contribution in [0.3, 0.4) is 0 Å². The number of nitrogens with one attached hydrogen (secondary N) is 1. The van der Waals surface area contributed by atoms with E-state index in [4.69, 9.17) is 9.47 Å². The second-order valence-corrected chi connectivity index (χ2v) is 5.33. The van der Waals surface area contributed by atoms with E-state index in [0.717, 1.165) is 11.7 Å². The van der Waals surface area contributed by atoms with Gasteiger partial charge in [-0.3, -0.25) is 4.79 Å². The summed E-state index contributed by atoms with van der Waals surface area (Å²) in [6, 6.07) is -0.348. The fraction of sp³-hybridized carbons (Fsp3) is 0.750. The highest BCUT2D eigenvalue weighted by atomic mass is 32.1. The monoisotopic (exact) mass is 316 g/mol. The molecule has 1 saturated heterocycles. The number of carbonyl (C=O) groups excluding carboxylic acids is 1. The standard InChI is InChI=1S/C12H20N4O4S/c1-9(12(18)16-2-4-19-5-3-16)13-6-10(17)8-20-11-7-14-21-15-11/h7,9-10,13,17H,2-6,8H2,1H3. The molecular formula is C12H20N4O4S. The Kier molecular flexibility index (Phi) is 6.30. The quantitative estimate of drug-likeness (QED) is 0.674. The molecule has 2 unspecified atom stereocenters. The van der Waals surface area contributed by atoms with Gasteiger partial charge in [0.2, 0.25) is 11.8 Å². The Morgan fingerprint density at radius 1 is 1.62 bits per heavy atom. The number of aliphatic hydroxyl groups excluding tert-OH is 1. The lowest BCUT2D eigenvalue weighted by Gasteiger charge is -2.29. The number of nitrogens with zero attached hydrogens (tertiary/aromatic N) is 3. The van der Waals surface area contributed by atoms with Crippen molar-refractivity contribution in [3.8, 4) is 5.88 Å². The van der Waals surface area contributed by atoms with Crippen molar-refractivity contribution in [2.24, 2.45) is 0 Å². The maximum Gasteiger partial charge on any atom is 0.245 e. The van der Waals surface area contributed by atoms with E-state index in [1.165, 1.54) is 6.20 Å². The smallest absolute Gasteiger partial charge is 0.245 e. The van der Waals surface area contributed by atoms with E-state index >= 15 is 0 Å². The van der Waals surface area contributed by atoms with E-state index in [-0.39, 0.29) is 25.1 Å². The molecule has 1 aromatic heterocycles. The first kappa shape index (κ1) is 16.1. The summed E-state index contributed by atoms with van der Waals surface area (Å²) in [5.74, 6) is 0.423. The molecule has 0 spiro atoms. The van der Waals surface area contributed by atoms with Crippen molar-refractivity contribution in [2.45, 2.75) is 19.1 Å². The van der Waals surface area contributed by atoms with E-state index in [1.54, 1.807) is 11.8 Å². The number of hydrogen-bond donors (Lipinski definition) is 2. The van der Waals surface area contributed by atoms with Crippen LogP contribution in [0.15, 0.2) is 6.20 Å². The first-order valence-corrected chi connectivity index (χ1v) is 7.58. The number of rotatable bonds is 7. The van der Waals surface area contributed by atoms with Gasteiger partial charge in [-0.2, -0.15) is 4.37 Å². The number of aliphatic hydroxyl groups is 1. The van der Waals surface area contributed by atoms with Crippen molar-refractivity contribution in [1.82, 2.24) is 19.0 Å². The molecule has 118 valence electrons. The van der Waals surface area contributed by atoms with Gasteiger partial charge in [-0.1, -0.05) is 0 Å². The van der Waals surface area contributed by atoms with Gasteiger partial charge in [0, 0.05) is 19.6 Å². The average molecular weight is 316 g/mol. The summed E-state index contributed by atoms with van der Waals surface area (Å²) in [5.41, 5.74) is 0. The third-order valence-electron chi connectivity index (χ3n) is 3.12. The zero-order valence-electron chi connectivity index (χ0n) is 11.9. The Labute approximate surface area is 127 Å². The topological polar surface area (TPSA) is 96.8 Å². The molecule has 1 aromatic rings. The van der Waals surface area contributed by atoms with Crippen LogP contribution in [0.5, 0.6) is 5.88 Å². The number of hydrogen-bond acceptors (Lipinski definition) is 8. The minimum absolute atomic E-state index is 0.0233. The number of amides is 1. The molecule has 0 aromatic carbocycles. The molecule has 1 fully saturated rings. The van der Waals surface area contributed by atoms with Crippen LogP contribution in [0.4, 0.5) is 0 Å². The first-order valence-electron chi connectivity index (χ1n) is 6.85. The molecule has 1 aliphatic heterocycles. The van der Waals surface area contributed by atoms with Gasteiger partial charge in [-0.15, -0.1) is 4.37 Å². The lowest BCUT2D eigenvalue weighted by atomic mass is 10.2. The SMILES string of the molecule is CC(NCC(O)COc1cnsn1)C(=O)N1CCOCC1. The number of carbonyl (C=O) groups is 1. The minimum Gasteiger partial charge on any atom is -0.473 e. The van der Waals surface area contributed by atoms with Crippen molar-refractivity contribution < 1.29 is 19.4 Å². The van der Waals surface area contributed by atoms with Crippen molar-refractivity contribution >= 4 is 17.6 Å². The molecular weight excluding hydrogens is 296 g/mol.